The molecule has 0 aliphatic heterocycles. The summed E-state index contributed by atoms with van der Waals surface area (Å²) in [5.41, 5.74) is 6.74. The quantitative estimate of drug-likeness (QED) is 0.830. The fraction of sp³-hybridized carbons (Fsp3) is 0.357. The number of rotatable bonds is 6. The highest BCUT2D eigenvalue weighted by Crippen LogP contribution is 2.09. The van der Waals surface area contributed by atoms with Gasteiger partial charge in [-0.15, -0.1) is 0 Å². The zero-order valence-corrected chi connectivity index (χ0v) is 11.4. The maximum Gasteiger partial charge on any atom is 0.127 e. The SMILES string of the molecule is CN(Cc1ccccc1F)CC(O)Cn1cc(N)cn1. The molecule has 0 aliphatic rings. The van der Waals surface area contributed by atoms with E-state index in [2.05, 4.69) is 5.10 Å². The van der Waals surface area contributed by atoms with E-state index in [4.69, 9.17) is 5.73 Å². The minimum Gasteiger partial charge on any atom is -0.396 e. The first-order chi connectivity index (χ1) is 9.54. The summed E-state index contributed by atoms with van der Waals surface area (Å²) in [4.78, 5) is 1.87. The van der Waals surface area contributed by atoms with E-state index in [9.17, 15) is 9.50 Å². The fourth-order valence-corrected chi connectivity index (χ4v) is 2.09. The Balaban J connectivity index is 1.85. The van der Waals surface area contributed by atoms with Crippen LogP contribution in [0.1, 0.15) is 5.56 Å². The van der Waals surface area contributed by atoms with Crippen LogP contribution in [0, 0.1) is 5.82 Å². The third-order valence-corrected chi connectivity index (χ3v) is 2.97. The predicted molar refractivity (Wildman–Crippen MR) is 75.4 cm³/mol. The maximum absolute atomic E-state index is 13.5. The fourth-order valence-electron chi connectivity index (χ4n) is 2.09. The molecule has 1 heterocycles. The van der Waals surface area contributed by atoms with Gasteiger partial charge in [0.25, 0.3) is 0 Å². The van der Waals surface area contributed by atoms with Crippen molar-refractivity contribution in [2.24, 2.45) is 0 Å². The summed E-state index contributed by atoms with van der Waals surface area (Å²) in [6.07, 6.45) is 2.61. The van der Waals surface area contributed by atoms with E-state index in [0.29, 0.717) is 30.9 Å². The van der Waals surface area contributed by atoms with Crippen molar-refractivity contribution in [3.63, 3.8) is 0 Å². The van der Waals surface area contributed by atoms with Crippen molar-refractivity contribution in [2.45, 2.75) is 19.2 Å². The molecule has 0 saturated heterocycles. The Morgan fingerprint density at radius 3 is 2.85 bits per heavy atom. The Kier molecular flexibility index (Phi) is 4.70. The van der Waals surface area contributed by atoms with Crippen LogP contribution in [0.5, 0.6) is 0 Å². The van der Waals surface area contributed by atoms with Gasteiger partial charge in [0.1, 0.15) is 5.82 Å². The summed E-state index contributed by atoms with van der Waals surface area (Å²) in [5.74, 6) is -0.228. The summed E-state index contributed by atoms with van der Waals surface area (Å²) in [7, 11) is 1.84. The van der Waals surface area contributed by atoms with E-state index in [1.165, 1.54) is 12.3 Å². The van der Waals surface area contributed by atoms with Gasteiger partial charge in [0.2, 0.25) is 0 Å². The van der Waals surface area contributed by atoms with Gasteiger partial charge in [0, 0.05) is 24.8 Å². The van der Waals surface area contributed by atoms with Gasteiger partial charge in [-0.2, -0.15) is 5.10 Å². The van der Waals surface area contributed by atoms with E-state index < -0.39 is 6.10 Å². The van der Waals surface area contributed by atoms with Crippen LogP contribution in [-0.2, 0) is 13.1 Å². The number of halogens is 1. The second-order valence-corrected chi connectivity index (χ2v) is 4.94. The Morgan fingerprint density at radius 2 is 2.20 bits per heavy atom. The third-order valence-electron chi connectivity index (χ3n) is 2.97. The van der Waals surface area contributed by atoms with E-state index in [-0.39, 0.29) is 5.82 Å². The van der Waals surface area contributed by atoms with Gasteiger partial charge >= 0.3 is 0 Å². The highest BCUT2D eigenvalue weighted by atomic mass is 19.1. The number of nitrogens with two attached hydrogens (primary N) is 1. The largest absolute Gasteiger partial charge is 0.396 e. The van der Waals surface area contributed by atoms with Gasteiger partial charge < -0.3 is 10.8 Å². The van der Waals surface area contributed by atoms with Crippen LogP contribution in [0.3, 0.4) is 0 Å². The number of nitrogen functional groups attached to an aromatic ring is 1. The third kappa shape index (κ3) is 4.04. The summed E-state index contributed by atoms with van der Waals surface area (Å²) in [6.45, 7) is 1.23. The topological polar surface area (TPSA) is 67.3 Å². The van der Waals surface area contributed by atoms with E-state index in [1.807, 2.05) is 11.9 Å². The summed E-state index contributed by atoms with van der Waals surface area (Å²) >= 11 is 0. The van der Waals surface area contributed by atoms with Crippen molar-refractivity contribution < 1.29 is 9.50 Å². The van der Waals surface area contributed by atoms with Crippen LogP contribution < -0.4 is 5.73 Å². The zero-order chi connectivity index (χ0) is 14.5. The van der Waals surface area contributed by atoms with Crippen LogP contribution in [0.2, 0.25) is 0 Å². The Labute approximate surface area is 117 Å². The van der Waals surface area contributed by atoms with Crippen molar-refractivity contribution in [1.82, 2.24) is 14.7 Å². The van der Waals surface area contributed by atoms with Gasteiger partial charge in [-0.05, 0) is 13.1 Å². The van der Waals surface area contributed by atoms with Crippen molar-refractivity contribution in [2.75, 3.05) is 19.3 Å². The lowest BCUT2D eigenvalue weighted by Crippen LogP contribution is -2.32. The lowest BCUT2D eigenvalue weighted by Gasteiger charge is -2.20. The molecule has 3 N–H and O–H groups in total. The number of aliphatic hydroxyl groups excluding tert-OH is 1. The number of hydrogen-bond donors (Lipinski definition) is 2. The molecule has 0 fully saturated rings. The van der Waals surface area contributed by atoms with Crippen LogP contribution in [0.25, 0.3) is 0 Å². The lowest BCUT2D eigenvalue weighted by atomic mass is 10.2. The highest BCUT2D eigenvalue weighted by Gasteiger charge is 2.11. The van der Waals surface area contributed by atoms with Crippen LogP contribution in [-0.4, -0.2) is 39.5 Å². The molecule has 0 amide bonds. The number of anilines is 1. The number of hydrogen-bond acceptors (Lipinski definition) is 4. The van der Waals surface area contributed by atoms with Crippen LogP contribution >= 0.6 is 0 Å². The van der Waals surface area contributed by atoms with Gasteiger partial charge in [-0.3, -0.25) is 9.58 Å². The molecule has 1 unspecified atom stereocenters. The minimum atomic E-state index is -0.592. The van der Waals surface area contributed by atoms with E-state index >= 15 is 0 Å². The molecule has 20 heavy (non-hydrogen) atoms. The Hall–Kier alpha value is -1.92. The Bertz CT molecular complexity index is 558. The predicted octanol–water partition coefficient (Wildman–Crippen LogP) is 1.10. The van der Waals surface area contributed by atoms with Crippen molar-refractivity contribution in [3.8, 4) is 0 Å². The second-order valence-electron chi connectivity index (χ2n) is 4.94. The molecular weight excluding hydrogens is 259 g/mol. The molecule has 0 bridgehead atoms. The molecule has 1 aromatic heterocycles. The first kappa shape index (κ1) is 14.5. The smallest absolute Gasteiger partial charge is 0.127 e. The molecule has 108 valence electrons. The van der Waals surface area contributed by atoms with Crippen molar-refractivity contribution in [1.29, 1.82) is 0 Å². The average Bonchev–Trinajstić information content (AvgIpc) is 2.77. The molecular formula is C14H19FN4O. The first-order valence-corrected chi connectivity index (χ1v) is 6.42. The molecule has 1 atom stereocenters. The molecule has 6 heteroatoms. The summed E-state index contributed by atoms with van der Waals surface area (Å²) in [5, 5.41) is 14.0. The minimum absolute atomic E-state index is 0.228. The molecule has 0 aliphatic carbocycles. The van der Waals surface area contributed by atoms with Crippen molar-refractivity contribution >= 4 is 5.69 Å². The van der Waals surface area contributed by atoms with Crippen molar-refractivity contribution in [3.05, 3.63) is 48.0 Å². The van der Waals surface area contributed by atoms with Crippen LogP contribution in [0.15, 0.2) is 36.7 Å². The Morgan fingerprint density at radius 1 is 1.45 bits per heavy atom. The molecule has 0 saturated carbocycles. The highest BCUT2D eigenvalue weighted by molar-refractivity contribution is 5.30. The first-order valence-electron chi connectivity index (χ1n) is 6.42. The number of likely N-dealkylation sites (N-methyl/N-ethyl adjacent to an activating group) is 1. The van der Waals surface area contributed by atoms with E-state index in [0.717, 1.165) is 0 Å². The molecule has 5 nitrogen and oxygen atoms in total. The maximum atomic E-state index is 13.5. The summed E-state index contributed by atoms with van der Waals surface area (Å²) < 4.78 is 15.1. The molecule has 0 spiro atoms. The normalized spacial score (nSPS) is 12.8. The van der Waals surface area contributed by atoms with E-state index in [1.54, 1.807) is 29.1 Å². The summed E-state index contributed by atoms with van der Waals surface area (Å²) in [6, 6.07) is 6.64. The molecule has 2 rings (SSSR count). The lowest BCUT2D eigenvalue weighted by molar-refractivity contribution is 0.103. The monoisotopic (exact) mass is 278 g/mol. The number of nitrogens with zero attached hydrogens (tertiary/aromatic N) is 3. The molecule has 2 aromatic rings. The second kappa shape index (κ2) is 6.49. The van der Waals surface area contributed by atoms with Gasteiger partial charge in [-0.25, -0.2) is 4.39 Å². The van der Waals surface area contributed by atoms with Gasteiger partial charge in [0.15, 0.2) is 0 Å². The molecule has 1 aromatic carbocycles. The molecule has 0 radical (unpaired) electrons. The number of aromatic nitrogens is 2. The van der Waals surface area contributed by atoms with Gasteiger partial charge in [-0.1, -0.05) is 18.2 Å². The van der Waals surface area contributed by atoms with Gasteiger partial charge in [0.05, 0.1) is 24.5 Å². The van der Waals surface area contributed by atoms with Crippen LogP contribution in [0.4, 0.5) is 10.1 Å². The number of benzene rings is 1. The standard InChI is InChI=1S/C14H19FN4O/c1-18(7-11-4-2-3-5-14(11)15)9-13(20)10-19-8-12(16)6-17-19/h2-6,8,13,20H,7,9-10,16H2,1H3. The average molecular weight is 278 g/mol. The zero-order valence-electron chi connectivity index (χ0n) is 11.4. The number of aliphatic hydroxyl groups is 1.